The average Bonchev–Trinajstić information content (AvgIpc) is 2.28. The van der Waals surface area contributed by atoms with Gasteiger partial charge in [0.25, 0.3) is 0 Å². The molecule has 1 radical (unpaired) electrons. The van der Waals surface area contributed by atoms with Crippen molar-refractivity contribution in [1.29, 1.82) is 0 Å². The Hall–Kier alpha value is 0.719. The summed E-state index contributed by atoms with van der Waals surface area (Å²) >= 11 is -1.43. The minimum atomic E-state index is -1.43. The van der Waals surface area contributed by atoms with Gasteiger partial charge in [0.15, 0.2) is 0 Å². The van der Waals surface area contributed by atoms with Crippen molar-refractivity contribution >= 4 is 20.3 Å². The zero-order valence-electron chi connectivity index (χ0n) is 11.3. The van der Waals surface area contributed by atoms with Crippen LogP contribution in [0.15, 0.2) is 0 Å². The summed E-state index contributed by atoms with van der Waals surface area (Å²) in [6, 6.07) is 0. The second-order valence-electron chi connectivity index (χ2n) is 3.86. The van der Waals surface area contributed by atoms with Crippen molar-refractivity contribution in [3.8, 4) is 0 Å². The molecule has 0 saturated heterocycles. The summed E-state index contributed by atoms with van der Waals surface area (Å²) in [5, 5.41) is 0. The van der Waals surface area contributed by atoms with E-state index in [4.69, 9.17) is 0 Å². The Morgan fingerprint density at radius 3 is 1.40 bits per heavy atom. The molecule has 0 aromatic rings. The quantitative estimate of drug-likeness (QED) is 0.603. The van der Waals surface area contributed by atoms with Crippen molar-refractivity contribution in [2.75, 3.05) is 26.2 Å². The SMILES string of the molecule is CCC[CH2][Sn]([N](CC)CC)[N](CC)CC. The summed E-state index contributed by atoms with van der Waals surface area (Å²) in [6.45, 7) is 16.6. The molecule has 0 rings (SSSR count). The van der Waals surface area contributed by atoms with Gasteiger partial charge in [-0.3, -0.25) is 0 Å². The first-order chi connectivity index (χ1) is 7.24. The molecule has 15 heavy (non-hydrogen) atoms. The van der Waals surface area contributed by atoms with Crippen LogP contribution in [0, 0.1) is 0 Å². The third-order valence-electron chi connectivity index (χ3n) is 3.01. The fourth-order valence-electron chi connectivity index (χ4n) is 2.03. The van der Waals surface area contributed by atoms with Crippen molar-refractivity contribution in [2.45, 2.75) is 51.9 Å². The van der Waals surface area contributed by atoms with Gasteiger partial charge in [-0.15, -0.1) is 0 Å². The monoisotopic (exact) mass is 321 g/mol. The molecule has 0 heterocycles. The molecule has 0 bridgehead atoms. The summed E-state index contributed by atoms with van der Waals surface area (Å²) in [6.07, 6.45) is 2.79. The molecule has 0 N–H and O–H groups in total. The molecule has 0 aliphatic heterocycles. The Kier molecular flexibility index (Phi) is 10.4. The van der Waals surface area contributed by atoms with Gasteiger partial charge in [0, 0.05) is 0 Å². The van der Waals surface area contributed by atoms with Crippen molar-refractivity contribution in [2.24, 2.45) is 0 Å². The Bertz CT molecular complexity index is 122. The van der Waals surface area contributed by atoms with Crippen LogP contribution in [0.1, 0.15) is 47.5 Å². The maximum absolute atomic E-state index is 2.78. The van der Waals surface area contributed by atoms with Crippen LogP contribution in [0.3, 0.4) is 0 Å². The van der Waals surface area contributed by atoms with E-state index >= 15 is 0 Å². The molecule has 0 aromatic carbocycles. The Morgan fingerprint density at radius 2 is 1.13 bits per heavy atom. The van der Waals surface area contributed by atoms with E-state index in [-0.39, 0.29) is 0 Å². The van der Waals surface area contributed by atoms with E-state index in [1.807, 2.05) is 0 Å². The normalized spacial score (nSPS) is 12.0. The van der Waals surface area contributed by atoms with Crippen LogP contribution in [-0.4, -0.2) is 52.7 Å². The predicted octanol–water partition coefficient (Wildman–Crippen LogP) is 2.96. The third-order valence-corrected chi connectivity index (χ3v) is 13.1. The van der Waals surface area contributed by atoms with E-state index in [1.165, 1.54) is 43.5 Å². The van der Waals surface area contributed by atoms with Crippen LogP contribution in [0.5, 0.6) is 0 Å². The van der Waals surface area contributed by atoms with E-state index in [0.717, 1.165) is 0 Å². The van der Waals surface area contributed by atoms with E-state index in [2.05, 4.69) is 40.9 Å². The molecule has 0 fully saturated rings. The van der Waals surface area contributed by atoms with Gasteiger partial charge in [0.2, 0.25) is 0 Å². The minimum absolute atomic E-state index is 1.26. The molecule has 0 spiro atoms. The first kappa shape index (κ1) is 15.7. The number of unbranched alkanes of at least 4 members (excludes halogenated alkanes) is 1. The van der Waals surface area contributed by atoms with E-state index in [1.54, 1.807) is 0 Å². The zero-order valence-corrected chi connectivity index (χ0v) is 14.2. The van der Waals surface area contributed by atoms with Crippen LogP contribution in [0.2, 0.25) is 4.44 Å². The van der Waals surface area contributed by atoms with Crippen LogP contribution in [0.4, 0.5) is 0 Å². The average molecular weight is 320 g/mol. The zero-order chi connectivity index (χ0) is 11.7. The fraction of sp³-hybridized carbons (Fsp3) is 1.00. The topological polar surface area (TPSA) is 6.48 Å². The molecule has 0 unspecified atom stereocenters. The molecule has 0 aliphatic rings. The van der Waals surface area contributed by atoms with E-state index in [9.17, 15) is 0 Å². The molecule has 0 saturated carbocycles. The molecule has 0 amide bonds. The van der Waals surface area contributed by atoms with Crippen molar-refractivity contribution < 1.29 is 0 Å². The standard InChI is InChI=1S/2C4H10N.C4H9.Sn/c2*1-3-5-4-2;1-3-4-2;/h2*3-4H2,1-2H3;1,3-4H2,2H3;/q2*-1;;+2. The van der Waals surface area contributed by atoms with Gasteiger partial charge >= 0.3 is 105 Å². The van der Waals surface area contributed by atoms with Gasteiger partial charge < -0.3 is 0 Å². The van der Waals surface area contributed by atoms with E-state index < -0.39 is 20.3 Å². The maximum atomic E-state index is 2.78. The second kappa shape index (κ2) is 9.91. The summed E-state index contributed by atoms with van der Waals surface area (Å²) in [5.74, 6) is 0. The summed E-state index contributed by atoms with van der Waals surface area (Å²) in [4.78, 5) is 0. The molecule has 91 valence electrons. The summed E-state index contributed by atoms with van der Waals surface area (Å²) in [7, 11) is 0. The second-order valence-corrected chi connectivity index (χ2v) is 11.3. The van der Waals surface area contributed by atoms with Crippen molar-refractivity contribution in [3.05, 3.63) is 0 Å². The van der Waals surface area contributed by atoms with Crippen LogP contribution in [-0.2, 0) is 0 Å². The van der Waals surface area contributed by atoms with Crippen LogP contribution in [0.25, 0.3) is 0 Å². The van der Waals surface area contributed by atoms with Gasteiger partial charge in [0.05, 0.1) is 0 Å². The molecule has 2 nitrogen and oxygen atoms in total. The third kappa shape index (κ3) is 5.55. The van der Waals surface area contributed by atoms with Gasteiger partial charge in [0.1, 0.15) is 0 Å². The van der Waals surface area contributed by atoms with Crippen LogP contribution >= 0.6 is 0 Å². The predicted molar refractivity (Wildman–Crippen MR) is 71.3 cm³/mol. The first-order valence-electron chi connectivity index (χ1n) is 6.60. The number of hydrogen-bond donors (Lipinski definition) is 0. The number of nitrogens with zero attached hydrogens (tertiary/aromatic N) is 2. The molecule has 3 heteroatoms. The van der Waals surface area contributed by atoms with Crippen molar-refractivity contribution in [3.63, 3.8) is 0 Å². The Morgan fingerprint density at radius 1 is 0.733 bits per heavy atom. The Balaban J connectivity index is 4.38. The van der Waals surface area contributed by atoms with Gasteiger partial charge in [-0.1, -0.05) is 0 Å². The fourth-order valence-corrected chi connectivity index (χ4v) is 11.1. The molecule has 0 aromatic heterocycles. The van der Waals surface area contributed by atoms with E-state index in [0.29, 0.717) is 0 Å². The first-order valence-corrected chi connectivity index (χ1v) is 11.2. The Labute approximate surface area is 104 Å². The number of rotatable bonds is 9. The van der Waals surface area contributed by atoms with Crippen molar-refractivity contribution in [1.82, 2.24) is 6.24 Å². The summed E-state index contributed by atoms with van der Waals surface area (Å²) < 4.78 is 7.08. The van der Waals surface area contributed by atoms with Gasteiger partial charge in [-0.25, -0.2) is 0 Å². The molecule has 0 aliphatic carbocycles. The van der Waals surface area contributed by atoms with Crippen LogP contribution < -0.4 is 0 Å². The summed E-state index contributed by atoms with van der Waals surface area (Å²) in [5.41, 5.74) is 0. The molecule has 0 atom stereocenters. The van der Waals surface area contributed by atoms with Gasteiger partial charge in [-0.05, 0) is 0 Å². The molecular weight excluding hydrogens is 291 g/mol. The molecular formula is C12H29N2Sn. The number of hydrogen-bond acceptors (Lipinski definition) is 2. The van der Waals surface area contributed by atoms with Gasteiger partial charge in [-0.2, -0.15) is 0 Å².